The largest absolute Gasteiger partial charge is 0.496 e. The third-order valence-corrected chi connectivity index (χ3v) is 4.55. The number of hydrogen-bond acceptors (Lipinski definition) is 4. The van der Waals surface area contributed by atoms with Crippen LogP contribution in [0, 0.1) is 0 Å². The van der Waals surface area contributed by atoms with Crippen molar-refractivity contribution in [2.45, 2.75) is 19.6 Å². The Hall–Kier alpha value is -3.05. The first kappa shape index (κ1) is 19.7. The number of carbonyl (C=O) groups is 1. The minimum absolute atomic E-state index is 0.253. The molecule has 144 valence electrons. The summed E-state index contributed by atoms with van der Waals surface area (Å²) < 4.78 is 5.42. The summed E-state index contributed by atoms with van der Waals surface area (Å²) in [6.45, 7) is 2.04. The second kappa shape index (κ2) is 9.24. The van der Waals surface area contributed by atoms with Gasteiger partial charge in [0.2, 0.25) is 6.10 Å². The van der Waals surface area contributed by atoms with E-state index < -0.39 is 6.10 Å². The van der Waals surface area contributed by atoms with E-state index in [0.29, 0.717) is 17.3 Å². The quantitative estimate of drug-likeness (QED) is 0.470. The number of benzene rings is 3. The van der Waals surface area contributed by atoms with E-state index in [1.807, 2.05) is 48.5 Å². The first-order valence-corrected chi connectivity index (χ1v) is 9.23. The van der Waals surface area contributed by atoms with Gasteiger partial charge in [0, 0.05) is 17.1 Å². The van der Waals surface area contributed by atoms with E-state index >= 15 is 0 Å². The van der Waals surface area contributed by atoms with Crippen LogP contribution >= 0.6 is 11.6 Å². The van der Waals surface area contributed by atoms with Gasteiger partial charge in [-0.3, -0.25) is 4.79 Å². The minimum Gasteiger partial charge on any atom is -0.496 e. The lowest BCUT2D eigenvalue weighted by atomic mass is 10.0. The van der Waals surface area contributed by atoms with Gasteiger partial charge in [0.25, 0.3) is 5.91 Å². The summed E-state index contributed by atoms with van der Waals surface area (Å²) in [6, 6.07) is 19.1. The molecule has 0 heterocycles. The smallest absolute Gasteiger partial charge is 0.263 e. The fourth-order valence-electron chi connectivity index (χ4n) is 2.74. The number of ether oxygens (including phenoxy) is 1. The highest BCUT2D eigenvalue weighted by Crippen LogP contribution is 2.26. The van der Waals surface area contributed by atoms with Crippen LogP contribution in [0.2, 0.25) is 5.02 Å². The highest BCUT2D eigenvalue weighted by molar-refractivity contribution is 6.30. The van der Waals surface area contributed by atoms with E-state index in [0.717, 1.165) is 21.9 Å². The van der Waals surface area contributed by atoms with Gasteiger partial charge < -0.3 is 14.9 Å². The number of rotatable bonds is 7. The fourth-order valence-corrected chi connectivity index (χ4v) is 2.87. The molecule has 0 spiro atoms. The molecule has 0 saturated carbocycles. The van der Waals surface area contributed by atoms with E-state index in [9.17, 15) is 4.79 Å². The van der Waals surface area contributed by atoms with Crippen LogP contribution < -0.4 is 10.1 Å². The molecule has 28 heavy (non-hydrogen) atoms. The second-order valence-corrected chi connectivity index (χ2v) is 6.67. The van der Waals surface area contributed by atoms with Crippen molar-refractivity contribution in [1.82, 2.24) is 5.32 Å². The van der Waals surface area contributed by atoms with Gasteiger partial charge in [0.1, 0.15) is 5.75 Å². The summed E-state index contributed by atoms with van der Waals surface area (Å²) in [6.07, 6.45) is 0.842. The lowest BCUT2D eigenvalue weighted by Gasteiger charge is -2.11. The minimum atomic E-state index is -0.732. The van der Waals surface area contributed by atoms with Crippen LogP contribution in [0.4, 0.5) is 0 Å². The Morgan fingerprint density at radius 3 is 2.64 bits per heavy atom. The number of oxime groups is 1. The number of carbonyl (C=O) groups excluding carboxylic acids is 1. The molecule has 1 atom stereocenters. The van der Waals surface area contributed by atoms with Gasteiger partial charge in [-0.1, -0.05) is 59.2 Å². The molecule has 6 heteroatoms. The highest BCUT2D eigenvalue weighted by Gasteiger charge is 2.14. The summed E-state index contributed by atoms with van der Waals surface area (Å²) in [5.41, 5.74) is 1.75. The molecule has 0 aliphatic heterocycles. The molecule has 3 aromatic carbocycles. The van der Waals surface area contributed by atoms with Gasteiger partial charge in [0.15, 0.2) is 0 Å². The average molecular weight is 397 g/mol. The van der Waals surface area contributed by atoms with Gasteiger partial charge in [-0.25, -0.2) is 0 Å². The second-order valence-electron chi connectivity index (χ2n) is 6.23. The van der Waals surface area contributed by atoms with Crippen molar-refractivity contribution in [2.24, 2.45) is 5.16 Å². The van der Waals surface area contributed by atoms with Crippen LogP contribution in [0.1, 0.15) is 18.1 Å². The van der Waals surface area contributed by atoms with Crippen LogP contribution in [0.5, 0.6) is 5.75 Å². The molecule has 1 N–H and O–H groups in total. The van der Waals surface area contributed by atoms with Gasteiger partial charge in [-0.05, 0) is 41.5 Å². The van der Waals surface area contributed by atoms with Crippen LogP contribution in [0.15, 0.2) is 65.8 Å². The normalized spacial score (nSPS) is 12.1. The molecule has 0 saturated heterocycles. The van der Waals surface area contributed by atoms with Crippen molar-refractivity contribution in [2.75, 3.05) is 7.11 Å². The van der Waals surface area contributed by atoms with Gasteiger partial charge >= 0.3 is 0 Å². The number of methoxy groups -OCH3 is 1. The Labute approximate surface area is 168 Å². The summed E-state index contributed by atoms with van der Waals surface area (Å²) in [5.74, 6) is 0.433. The van der Waals surface area contributed by atoms with Gasteiger partial charge in [-0.2, -0.15) is 0 Å². The Balaban J connectivity index is 1.63. The van der Waals surface area contributed by atoms with Gasteiger partial charge in [-0.15, -0.1) is 0 Å². The van der Waals surface area contributed by atoms with Crippen molar-refractivity contribution >= 4 is 34.5 Å². The fraction of sp³-hybridized carbons (Fsp3) is 0.182. The van der Waals surface area contributed by atoms with Crippen molar-refractivity contribution in [3.63, 3.8) is 0 Å². The van der Waals surface area contributed by atoms with Crippen LogP contribution in [-0.4, -0.2) is 25.3 Å². The van der Waals surface area contributed by atoms with E-state index in [4.69, 9.17) is 21.2 Å². The Bertz CT molecular complexity index is 987. The van der Waals surface area contributed by atoms with Crippen LogP contribution in [-0.2, 0) is 16.2 Å². The molecule has 0 aliphatic rings. The maximum Gasteiger partial charge on any atom is 0.263 e. The van der Waals surface area contributed by atoms with E-state index in [-0.39, 0.29) is 5.91 Å². The molecule has 0 fully saturated rings. The summed E-state index contributed by atoms with van der Waals surface area (Å²) in [4.78, 5) is 17.5. The molecule has 3 aromatic rings. The van der Waals surface area contributed by atoms with Crippen molar-refractivity contribution in [3.8, 4) is 5.75 Å². The number of hydrogen-bond donors (Lipinski definition) is 1. The predicted molar refractivity (Wildman–Crippen MR) is 112 cm³/mol. The third-order valence-electron chi connectivity index (χ3n) is 4.30. The molecule has 1 unspecified atom stereocenters. The average Bonchev–Trinajstić information content (AvgIpc) is 2.73. The highest BCUT2D eigenvalue weighted by atomic mass is 35.5. The Morgan fingerprint density at radius 2 is 1.89 bits per heavy atom. The summed E-state index contributed by atoms with van der Waals surface area (Å²) in [5, 5.41) is 9.54. The van der Waals surface area contributed by atoms with Gasteiger partial charge in [0.05, 0.1) is 13.3 Å². The topological polar surface area (TPSA) is 59.9 Å². The molecule has 0 aliphatic carbocycles. The van der Waals surface area contributed by atoms with Crippen LogP contribution in [0.3, 0.4) is 0 Å². The van der Waals surface area contributed by atoms with E-state index in [2.05, 4.69) is 10.5 Å². The van der Waals surface area contributed by atoms with E-state index in [1.54, 1.807) is 32.4 Å². The molecular weight excluding hydrogens is 376 g/mol. The summed E-state index contributed by atoms with van der Waals surface area (Å²) in [7, 11) is 1.61. The number of halogens is 1. The van der Waals surface area contributed by atoms with Crippen molar-refractivity contribution in [1.29, 1.82) is 0 Å². The Kier molecular flexibility index (Phi) is 6.50. The zero-order valence-corrected chi connectivity index (χ0v) is 16.4. The monoisotopic (exact) mass is 396 g/mol. The number of nitrogens with one attached hydrogen (secondary N) is 1. The maximum atomic E-state index is 12.2. The number of amides is 1. The van der Waals surface area contributed by atoms with E-state index in [1.165, 1.54) is 0 Å². The first-order chi connectivity index (χ1) is 13.6. The molecule has 1 amide bonds. The molecule has 0 radical (unpaired) electrons. The zero-order valence-electron chi connectivity index (χ0n) is 15.7. The molecule has 3 rings (SSSR count). The molecule has 0 aromatic heterocycles. The first-order valence-electron chi connectivity index (χ1n) is 8.85. The number of fused-ring (bicyclic) bond motifs is 1. The lowest BCUT2D eigenvalue weighted by molar-refractivity contribution is -0.131. The molecule has 5 nitrogen and oxygen atoms in total. The number of nitrogens with zero attached hydrogens (tertiary/aromatic N) is 1. The predicted octanol–water partition coefficient (Wildman–Crippen LogP) is 4.56. The lowest BCUT2D eigenvalue weighted by Crippen LogP contribution is -2.33. The zero-order chi connectivity index (χ0) is 19.9. The van der Waals surface area contributed by atoms with Crippen LogP contribution in [0.25, 0.3) is 10.8 Å². The Morgan fingerprint density at radius 1 is 1.14 bits per heavy atom. The van der Waals surface area contributed by atoms with Crippen molar-refractivity contribution in [3.05, 3.63) is 76.8 Å². The van der Waals surface area contributed by atoms with Crippen molar-refractivity contribution < 1.29 is 14.4 Å². The standard InChI is InChI=1S/C22H21ClN2O3/c1-15(22(26)24-13-16-7-10-18(23)11-8-16)28-25-14-20-19-6-4-3-5-17(19)9-12-21(20)27-2/h3-12,14-15H,13H2,1-2H3,(H,24,26). The summed E-state index contributed by atoms with van der Waals surface area (Å²) >= 11 is 5.86. The third kappa shape index (κ3) is 4.81. The maximum absolute atomic E-state index is 12.2. The molecule has 0 bridgehead atoms. The SMILES string of the molecule is COc1ccc2ccccc2c1C=NOC(C)C(=O)NCc1ccc(Cl)cc1. The molecular formula is C22H21ClN2O3.